The SMILES string of the molecule is CCCCCc1c(O)ccc(CC)c1O. The normalized spacial score (nSPS) is 10.5. The molecule has 1 rings (SSSR count). The average molecular weight is 208 g/mol. The van der Waals surface area contributed by atoms with E-state index < -0.39 is 0 Å². The molecule has 0 radical (unpaired) electrons. The fourth-order valence-corrected chi connectivity index (χ4v) is 1.76. The van der Waals surface area contributed by atoms with Gasteiger partial charge in [-0.15, -0.1) is 0 Å². The first-order valence-electron chi connectivity index (χ1n) is 5.73. The largest absolute Gasteiger partial charge is 0.508 e. The van der Waals surface area contributed by atoms with Crippen molar-refractivity contribution in [2.24, 2.45) is 0 Å². The molecule has 0 unspecified atom stereocenters. The topological polar surface area (TPSA) is 40.5 Å². The van der Waals surface area contributed by atoms with Gasteiger partial charge in [0.25, 0.3) is 0 Å². The van der Waals surface area contributed by atoms with Crippen molar-refractivity contribution in [2.45, 2.75) is 46.0 Å². The number of phenolic OH excluding ortho intramolecular Hbond substituents is 2. The van der Waals surface area contributed by atoms with Gasteiger partial charge in [0.05, 0.1) is 0 Å². The number of benzene rings is 1. The van der Waals surface area contributed by atoms with Crippen LogP contribution in [0.2, 0.25) is 0 Å². The zero-order valence-corrected chi connectivity index (χ0v) is 9.58. The highest BCUT2D eigenvalue weighted by Gasteiger charge is 2.10. The highest BCUT2D eigenvalue weighted by atomic mass is 16.3. The van der Waals surface area contributed by atoms with Crippen molar-refractivity contribution in [3.8, 4) is 11.5 Å². The lowest BCUT2D eigenvalue weighted by Crippen LogP contribution is -1.91. The Morgan fingerprint density at radius 1 is 1.07 bits per heavy atom. The quantitative estimate of drug-likeness (QED) is 0.728. The van der Waals surface area contributed by atoms with Gasteiger partial charge in [0, 0.05) is 5.56 Å². The standard InChI is InChI=1S/C13H20O2/c1-3-5-6-7-11-12(14)9-8-10(4-2)13(11)15/h8-9,14-15H,3-7H2,1-2H3. The summed E-state index contributed by atoms with van der Waals surface area (Å²) in [6.45, 7) is 4.14. The number of aromatic hydroxyl groups is 2. The summed E-state index contributed by atoms with van der Waals surface area (Å²) in [6, 6.07) is 3.47. The van der Waals surface area contributed by atoms with Gasteiger partial charge in [-0.3, -0.25) is 0 Å². The number of hydrogen-bond acceptors (Lipinski definition) is 2. The Hall–Kier alpha value is -1.18. The number of rotatable bonds is 5. The van der Waals surface area contributed by atoms with E-state index in [1.165, 1.54) is 0 Å². The van der Waals surface area contributed by atoms with Gasteiger partial charge in [-0.1, -0.05) is 32.8 Å². The number of unbranched alkanes of at least 4 members (excludes halogenated alkanes) is 2. The maximum Gasteiger partial charge on any atom is 0.125 e. The van der Waals surface area contributed by atoms with Crippen LogP contribution in [0.3, 0.4) is 0 Å². The van der Waals surface area contributed by atoms with Gasteiger partial charge >= 0.3 is 0 Å². The van der Waals surface area contributed by atoms with E-state index in [0.717, 1.165) is 37.7 Å². The summed E-state index contributed by atoms with van der Waals surface area (Å²) in [5.41, 5.74) is 1.63. The van der Waals surface area contributed by atoms with Gasteiger partial charge in [0.15, 0.2) is 0 Å². The molecule has 0 aromatic heterocycles. The van der Waals surface area contributed by atoms with Crippen molar-refractivity contribution in [1.82, 2.24) is 0 Å². The first-order valence-corrected chi connectivity index (χ1v) is 5.73. The third kappa shape index (κ3) is 2.88. The third-order valence-corrected chi connectivity index (χ3v) is 2.75. The Morgan fingerprint density at radius 3 is 2.40 bits per heavy atom. The van der Waals surface area contributed by atoms with Crippen molar-refractivity contribution in [3.05, 3.63) is 23.3 Å². The number of hydrogen-bond donors (Lipinski definition) is 2. The van der Waals surface area contributed by atoms with E-state index in [2.05, 4.69) is 6.92 Å². The molecular formula is C13H20O2. The minimum atomic E-state index is 0.223. The van der Waals surface area contributed by atoms with Crippen LogP contribution in [0, 0.1) is 0 Å². The van der Waals surface area contributed by atoms with Crippen LogP contribution in [0.5, 0.6) is 11.5 Å². The second-order valence-corrected chi connectivity index (χ2v) is 3.88. The van der Waals surface area contributed by atoms with E-state index in [-0.39, 0.29) is 11.5 Å². The molecule has 0 amide bonds. The van der Waals surface area contributed by atoms with Crippen molar-refractivity contribution in [1.29, 1.82) is 0 Å². The summed E-state index contributed by atoms with van der Waals surface area (Å²) in [6.07, 6.45) is 4.86. The van der Waals surface area contributed by atoms with Crippen LogP contribution in [-0.2, 0) is 12.8 Å². The van der Waals surface area contributed by atoms with Gasteiger partial charge in [0.1, 0.15) is 11.5 Å². The molecule has 0 saturated carbocycles. The molecule has 0 spiro atoms. The fraction of sp³-hybridized carbons (Fsp3) is 0.538. The lowest BCUT2D eigenvalue weighted by molar-refractivity contribution is 0.432. The molecule has 0 bridgehead atoms. The molecule has 2 heteroatoms. The zero-order chi connectivity index (χ0) is 11.3. The zero-order valence-electron chi connectivity index (χ0n) is 9.58. The molecule has 84 valence electrons. The monoisotopic (exact) mass is 208 g/mol. The van der Waals surface area contributed by atoms with Crippen LogP contribution in [0.25, 0.3) is 0 Å². The lowest BCUT2D eigenvalue weighted by atomic mass is 10.0. The summed E-state index contributed by atoms with van der Waals surface area (Å²) >= 11 is 0. The van der Waals surface area contributed by atoms with E-state index in [4.69, 9.17) is 0 Å². The first kappa shape index (κ1) is 11.9. The van der Waals surface area contributed by atoms with Crippen LogP contribution in [0.1, 0.15) is 44.2 Å². The van der Waals surface area contributed by atoms with E-state index in [1.54, 1.807) is 12.1 Å². The van der Waals surface area contributed by atoms with Crippen LogP contribution in [0.4, 0.5) is 0 Å². The Balaban J connectivity index is 2.84. The predicted octanol–water partition coefficient (Wildman–Crippen LogP) is 3.39. The molecule has 0 aliphatic carbocycles. The number of aryl methyl sites for hydroxylation is 1. The third-order valence-electron chi connectivity index (χ3n) is 2.75. The fourth-order valence-electron chi connectivity index (χ4n) is 1.76. The number of phenols is 2. The van der Waals surface area contributed by atoms with Crippen LogP contribution < -0.4 is 0 Å². The summed E-state index contributed by atoms with van der Waals surface area (Å²) < 4.78 is 0. The van der Waals surface area contributed by atoms with E-state index in [1.807, 2.05) is 6.92 Å². The van der Waals surface area contributed by atoms with Gasteiger partial charge in [0.2, 0.25) is 0 Å². The second kappa shape index (κ2) is 5.64. The molecule has 2 nitrogen and oxygen atoms in total. The molecule has 0 atom stereocenters. The van der Waals surface area contributed by atoms with Crippen LogP contribution in [0.15, 0.2) is 12.1 Å². The maximum atomic E-state index is 9.91. The lowest BCUT2D eigenvalue weighted by Gasteiger charge is -2.10. The molecule has 2 N–H and O–H groups in total. The van der Waals surface area contributed by atoms with E-state index in [0.29, 0.717) is 5.56 Å². The molecule has 1 aromatic rings. The molecule has 0 saturated heterocycles. The summed E-state index contributed by atoms with van der Waals surface area (Å²) in [7, 11) is 0. The summed E-state index contributed by atoms with van der Waals surface area (Å²) in [5, 5.41) is 19.6. The van der Waals surface area contributed by atoms with Gasteiger partial charge in [-0.2, -0.15) is 0 Å². The second-order valence-electron chi connectivity index (χ2n) is 3.88. The van der Waals surface area contributed by atoms with Crippen molar-refractivity contribution in [3.63, 3.8) is 0 Å². The van der Waals surface area contributed by atoms with Gasteiger partial charge in [-0.25, -0.2) is 0 Å². The smallest absolute Gasteiger partial charge is 0.125 e. The Morgan fingerprint density at radius 2 is 1.80 bits per heavy atom. The Labute approximate surface area is 91.6 Å². The highest BCUT2D eigenvalue weighted by Crippen LogP contribution is 2.32. The molecule has 0 heterocycles. The van der Waals surface area contributed by atoms with Crippen molar-refractivity contribution < 1.29 is 10.2 Å². The van der Waals surface area contributed by atoms with Crippen LogP contribution in [-0.4, -0.2) is 10.2 Å². The Bertz CT molecular complexity index is 319. The minimum absolute atomic E-state index is 0.223. The molecule has 15 heavy (non-hydrogen) atoms. The summed E-state index contributed by atoms with van der Waals surface area (Å²) in [4.78, 5) is 0. The Kier molecular flexibility index (Phi) is 4.47. The van der Waals surface area contributed by atoms with E-state index >= 15 is 0 Å². The molecule has 0 fully saturated rings. The minimum Gasteiger partial charge on any atom is -0.508 e. The predicted molar refractivity (Wildman–Crippen MR) is 62.4 cm³/mol. The molecular weight excluding hydrogens is 188 g/mol. The van der Waals surface area contributed by atoms with Gasteiger partial charge in [-0.05, 0) is 30.9 Å². The van der Waals surface area contributed by atoms with Crippen LogP contribution >= 0.6 is 0 Å². The molecule has 0 aliphatic rings. The maximum absolute atomic E-state index is 9.91. The van der Waals surface area contributed by atoms with E-state index in [9.17, 15) is 10.2 Å². The first-order chi connectivity index (χ1) is 7.20. The van der Waals surface area contributed by atoms with Gasteiger partial charge < -0.3 is 10.2 Å². The molecule has 1 aromatic carbocycles. The molecule has 0 aliphatic heterocycles. The average Bonchev–Trinajstić information content (AvgIpc) is 2.23. The highest BCUT2D eigenvalue weighted by molar-refractivity contribution is 5.48. The summed E-state index contributed by atoms with van der Waals surface area (Å²) in [5.74, 6) is 0.509. The van der Waals surface area contributed by atoms with Crippen molar-refractivity contribution in [2.75, 3.05) is 0 Å². The van der Waals surface area contributed by atoms with Crippen molar-refractivity contribution >= 4 is 0 Å².